The van der Waals surface area contributed by atoms with Crippen LogP contribution < -0.4 is 21.5 Å². The molecule has 220 valence electrons. The van der Waals surface area contributed by atoms with Crippen molar-refractivity contribution in [1.82, 2.24) is 29.3 Å². The van der Waals surface area contributed by atoms with Crippen LogP contribution >= 0.6 is 0 Å². The van der Waals surface area contributed by atoms with Gasteiger partial charge in [0.1, 0.15) is 35.0 Å². The fraction of sp³-hybridized carbons (Fsp3) is 0.344. The minimum atomic E-state index is -0.488. The average Bonchev–Trinajstić information content (AvgIpc) is 3.59. The average molecular weight is 579 g/mol. The first-order valence-electron chi connectivity index (χ1n) is 14.5. The number of rotatable bonds is 9. The Kier molecular flexibility index (Phi) is 7.46. The van der Waals surface area contributed by atoms with E-state index in [1.54, 1.807) is 39.8 Å². The van der Waals surface area contributed by atoms with Gasteiger partial charge in [-0.05, 0) is 82.0 Å². The van der Waals surface area contributed by atoms with Gasteiger partial charge in [-0.3, -0.25) is 13.9 Å². The molecule has 11 heteroatoms. The Balaban J connectivity index is 1.30. The number of carbonyl (C=O) groups is 1. The Labute approximate surface area is 249 Å². The number of fused-ring (bicyclic) bond motifs is 1. The molecule has 4 aromatic rings. The zero-order valence-corrected chi connectivity index (χ0v) is 24.2. The fourth-order valence-electron chi connectivity index (χ4n) is 5.75. The molecule has 1 aliphatic heterocycles. The Morgan fingerprint density at radius 2 is 1.84 bits per heavy atom. The van der Waals surface area contributed by atoms with Gasteiger partial charge >= 0.3 is 5.69 Å². The van der Waals surface area contributed by atoms with E-state index >= 15 is 0 Å². The molecule has 11 nitrogen and oxygen atoms in total. The first kappa shape index (κ1) is 28.2. The minimum Gasteiger partial charge on any atom is -0.457 e. The summed E-state index contributed by atoms with van der Waals surface area (Å²) in [4.78, 5) is 37.8. The van der Waals surface area contributed by atoms with E-state index in [2.05, 4.69) is 21.4 Å². The van der Waals surface area contributed by atoms with Crippen molar-refractivity contribution in [3.05, 3.63) is 83.1 Å². The van der Waals surface area contributed by atoms with Crippen LogP contribution in [0, 0.1) is 11.3 Å². The lowest BCUT2D eigenvalue weighted by molar-refractivity contribution is -0.127. The normalized spacial score (nSPS) is 17.3. The molecule has 1 amide bonds. The number of carbonyl (C=O) groups excluding carboxylic acids is 1. The molecule has 3 heterocycles. The predicted molar refractivity (Wildman–Crippen MR) is 163 cm³/mol. The molecular formula is C32H34N8O3. The summed E-state index contributed by atoms with van der Waals surface area (Å²) in [7, 11) is 0. The van der Waals surface area contributed by atoms with Gasteiger partial charge in [-0.1, -0.05) is 18.2 Å². The molecule has 1 saturated carbocycles. The molecule has 0 spiro atoms. The van der Waals surface area contributed by atoms with E-state index in [-0.39, 0.29) is 35.6 Å². The molecule has 2 aliphatic rings. The molecule has 0 unspecified atom stereocenters. The lowest BCUT2D eigenvalue weighted by Gasteiger charge is -2.27. The highest BCUT2D eigenvalue weighted by Crippen LogP contribution is 2.28. The minimum absolute atomic E-state index is 0.101. The third kappa shape index (κ3) is 5.87. The molecule has 2 aromatic heterocycles. The van der Waals surface area contributed by atoms with Gasteiger partial charge in [-0.25, -0.2) is 14.8 Å². The van der Waals surface area contributed by atoms with E-state index in [0.29, 0.717) is 47.4 Å². The molecule has 1 saturated heterocycles. The number of para-hydroxylation sites is 1. The molecule has 3 N–H and O–H groups in total. The zero-order valence-electron chi connectivity index (χ0n) is 24.2. The van der Waals surface area contributed by atoms with Crippen molar-refractivity contribution in [2.75, 3.05) is 12.3 Å². The summed E-state index contributed by atoms with van der Waals surface area (Å²) in [5.74, 6) is 1.17. The van der Waals surface area contributed by atoms with E-state index in [1.165, 1.54) is 10.9 Å². The predicted octanol–water partition coefficient (Wildman–Crippen LogP) is 3.93. The second-order valence-electron chi connectivity index (χ2n) is 11.7. The van der Waals surface area contributed by atoms with Crippen molar-refractivity contribution in [3.63, 3.8) is 0 Å². The highest BCUT2D eigenvalue weighted by Gasteiger charge is 2.34. The van der Waals surface area contributed by atoms with Crippen molar-refractivity contribution in [1.29, 1.82) is 5.26 Å². The third-order valence-electron chi connectivity index (χ3n) is 7.85. The summed E-state index contributed by atoms with van der Waals surface area (Å²) in [6, 6.07) is 18.8. The zero-order chi connectivity index (χ0) is 30.1. The number of anilines is 1. The van der Waals surface area contributed by atoms with Gasteiger partial charge in [0.05, 0.1) is 11.7 Å². The van der Waals surface area contributed by atoms with Gasteiger partial charge < -0.3 is 20.7 Å². The molecule has 2 aromatic carbocycles. The number of hydrogen-bond acceptors (Lipinski definition) is 8. The van der Waals surface area contributed by atoms with Gasteiger partial charge in [0.15, 0.2) is 11.5 Å². The number of nitriles is 1. The number of nitrogens with two attached hydrogens (primary N) is 1. The number of hydrogen-bond donors (Lipinski definition) is 2. The maximum Gasteiger partial charge on any atom is 0.335 e. The Bertz CT molecular complexity index is 1780. The number of amides is 1. The van der Waals surface area contributed by atoms with E-state index in [0.717, 1.165) is 19.3 Å². The maximum atomic E-state index is 14.0. The van der Waals surface area contributed by atoms with Crippen LogP contribution in [0.4, 0.5) is 5.82 Å². The summed E-state index contributed by atoms with van der Waals surface area (Å²) >= 11 is 0. The number of ether oxygens (including phenoxy) is 1. The SMILES string of the molecule is CC(C)(/C=C(/C#N)C(=O)N1CCC[C@H]1Cn1c(=O)n(-c2ccc(Oc3ccccc3)cc2)c2c(N)ncnc21)NC1CC1. The fourth-order valence-corrected chi connectivity index (χ4v) is 5.75. The molecule has 1 aliphatic carbocycles. The monoisotopic (exact) mass is 578 g/mol. The molecule has 2 fully saturated rings. The number of imidazole rings is 1. The number of nitrogens with one attached hydrogen (secondary N) is 1. The van der Waals surface area contributed by atoms with Crippen LogP contribution in [0.5, 0.6) is 11.5 Å². The van der Waals surface area contributed by atoms with Crippen LogP contribution in [0.2, 0.25) is 0 Å². The first-order chi connectivity index (χ1) is 20.7. The molecular weight excluding hydrogens is 544 g/mol. The Morgan fingerprint density at radius 1 is 1.12 bits per heavy atom. The Hall–Kier alpha value is -4.95. The van der Waals surface area contributed by atoms with E-state index in [9.17, 15) is 14.9 Å². The molecule has 0 radical (unpaired) electrons. The molecule has 0 bridgehead atoms. The molecule has 6 rings (SSSR count). The summed E-state index contributed by atoms with van der Waals surface area (Å²) in [5.41, 5.74) is 6.91. The number of likely N-dealkylation sites (tertiary alicyclic amines) is 1. The summed E-state index contributed by atoms with van der Waals surface area (Å²) in [6.07, 6.45) is 6.72. The lowest BCUT2D eigenvalue weighted by Crippen LogP contribution is -2.43. The number of benzene rings is 2. The van der Waals surface area contributed by atoms with Crippen molar-refractivity contribution >= 4 is 22.9 Å². The summed E-state index contributed by atoms with van der Waals surface area (Å²) < 4.78 is 8.95. The second-order valence-corrected chi connectivity index (χ2v) is 11.7. The smallest absolute Gasteiger partial charge is 0.335 e. The highest BCUT2D eigenvalue weighted by atomic mass is 16.5. The molecule has 43 heavy (non-hydrogen) atoms. The van der Waals surface area contributed by atoms with Crippen LogP contribution in [-0.2, 0) is 11.3 Å². The number of aromatic nitrogens is 4. The topological polar surface area (TPSA) is 144 Å². The van der Waals surface area contributed by atoms with E-state index in [1.807, 2.05) is 44.2 Å². The van der Waals surface area contributed by atoms with Crippen molar-refractivity contribution < 1.29 is 9.53 Å². The highest BCUT2D eigenvalue weighted by molar-refractivity contribution is 5.97. The van der Waals surface area contributed by atoms with Gasteiger partial charge in [0.2, 0.25) is 0 Å². The van der Waals surface area contributed by atoms with Gasteiger partial charge in [-0.15, -0.1) is 0 Å². The van der Waals surface area contributed by atoms with Gasteiger partial charge in [-0.2, -0.15) is 5.26 Å². The maximum absolute atomic E-state index is 14.0. The van der Waals surface area contributed by atoms with Crippen LogP contribution in [0.25, 0.3) is 16.9 Å². The van der Waals surface area contributed by atoms with Crippen molar-refractivity contribution in [2.45, 2.75) is 63.7 Å². The quantitative estimate of drug-likeness (QED) is 0.225. The summed E-state index contributed by atoms with van der Waals surface area (Å²) in [5, 5.41) is 13.4. The van der Waals surface area contributed by atoms with E-state index < -0.39 is 5.54 Å². The van der Waals surface area contributed by atoms with Crippen LogP contribution in [0.3, 0.4) is 0 Å². The van der Waals surface area contributed by atoms with Gasteiger partial charge in [0, 0.05) is 24.7 Å². The number of nitrogens with zero attached hydrogens (tertiary/aromatic N) is 6. The van der Waals surface area contributed by atoms with Crippen molar-refractivity contribution in [3.8, 4) is 23.3 Å². The van der Waals surface area contributed by atoms with E-state index in [4.69, 9.17) is 10.5 Å². The standard InChI is InChI=1S/C32H34N8O3/c1-32(2,37-22-10-11-22)17-21(18-33)30(41)38-16-6-7-24(38)19-39-29-27(28(34)35-20-36-29)40(31(39)42)23-12-14-26(15-13-23)43-25-8-4-3-5-9-25/h3-5,8-9,12-15,17,20,22,24,37H,6-7,10-11,16,19H2,1-2H3,(H2,34,35,36)/b21-17-/t24-/m0/s1. The largest absolute Gasteiger partial charge is 0.457 e. The summed E-state index contributed by atoms with van der Waals surface area (Å²) in [6.45, 7) is 4.65. The molecule has 1 atom stereocenters. The van der Waals surface area contributed by atoms with Gasteiger partial charge in [0.25, 0.3) is 5.91 Å². The first-order valence-corrected chi connectivity index (χ1v) is 14.5. The van der Waals surface area contributed by atoms with Crippen LogP contribution in [-0.4, -0.2) is 54.1 Å². The third-order valence-corrected chi connectivity index (χ3v) is 7.85. The Morgan fingerprint density at radius 3 is 2.53 bits per heavy atom. The van der Waals surface area contributed by atoms with Crippen LogP contribution in [0.1, 0.15) is 39.5 Å². The van der Waals surface area contributed by atoms with Crippen LogP contribution in [0.15, 0.2) is 77.4 Å². The number of nitrogen functional groups attached to an aromatic ring is 1. The second kappa shape index (κ2) is 11.4. The van der Waals surface area contributed by atoms with Crippen molar-refractivity contribution in [2.24, 2.45) is 0 Å². The lowest BCUT2D eigenvalue weighted by atomic mass is 10.0.